The Hall–Kier alpha value is -2.00. The monoisotopic (exact) mass is 353 g/mol. The first-order valence-corrected chi connectivity index (χ1v) is 8.18. The molecule has 0 aliphatic carbocycles. The molecule has 0 aromatic carbocycles. The van der Waals surface area contributed by atoms with Crippen LogP contribution in [0.15, 0.2) is 38.6 Å². The molecule has 0 saturated carbocycles. The Morgan fingerprint density at radius 2 is 2.09 bits per heavy atom. The van der Waals surface area contributed by atoms with Crippen LogP contribution in [0.2, 0.25) is 0 Å². The van der Waals surface area contributed by atoms with E-state index in [1.165, 1.54) is 11.3 Å². The Morgan fingerprint density at radius 3 is 2.78 bits per heavy atom. The van der Waals surface area contributed by atoms with Gasteiger partial charge in [-0.1, -0.05) is 17.8 Å². The molecule has 1 unspecified atom stereocenters. The minimum Gasteiger partial charge on any atom is -0.271 e. The van der Waals surface area contributed by atoms with Gasteiger partial charge >= 0.3 is 6.18 Å². The van der Waals surface area contributed by atoms with Crippen LogP contribution < -0.4 is 0 Å². The second-order valence-corrected chi connectivity index (χ2v) is 6.85. The predicted molar refractivity (Wildman–Crippen MR) is 82.2 cm³/mol. The van der Waals surface area contributed by atoms with Gasteiger partial charge in [0, 0.05) is 16.0 Å². The molecular formula is C14H6F3N3OS2. The number of nitrogens with zero attached hydrogens (tertiary/aromatic N) is 3. The number of rotatable bonds is 1. The number of fused-ring (bicyclic) bond motifs is 3. The van der Waals surface area contributed by atoms with E-state index in [2.05, 4.69) is 15.0 Å². The molecule has 0 fully saturated rings. The molecule has 2 aliphatic heterocycles. The Balaban J connectivity index is 1.99. The van der Waals surface area contributed by atoms with Crippen LogP contribution in [0.4, 0.5) is 13.2 Å². The first-order chi connectivity index (χ1) is 10.9. The van der Waals surface area contributed by atoms with Gasteiger partial charge in [0.15, 0.2) is 0 Å². The maximum absolute atomic E-state index is 13.1. The van der Waals surface area contributed by atoms with Crippen LogP contribution in [0.1, 0.15) is 11.3 Å². The van der Waals surface area contributed by atoms with E-state index in [9.17, 15) is 18.0 Å². The van der Waals surface area contributed by atoms with Crippen LogP contribution in [0, 0.1) is 0 Å². The van der Waals surface area contributed by atoms with Crippen LogP contribution in [-0.2, 0) is 11.0 Å². The SMILES string of the molecule is O=C1N=CN=C2c3c(-c4cccs4)cc(C(F)(F)F)nc3SC12. The van der Waals surface area contributed by atoms with Gasteiger partial charge in [0.1, 0.15) is 22.3 Å². The van der Waals surface area contributed by atoms with Gasteiger partial charge in [-0.25, -0.2) is 15.0 Å². The first kappa shape index (κ1) is 14.6. The van der Waals surface area contributed by atoms with Gasteiger partial charge in [-0.2, -0.15) is 13.2 Å². The molecule has 2 aliphatic rings. The summed E-state index contributed by atoms with van der Waals surface area (Å²) in [6.45, 7) is 0. The lowest BCUT2D eigenvalue weighted by Crippen LogP contribution is -2.25. The lowest BCUT2D eigenvalue weighted by atomic mass is 10.00. The summed E-state index contributed by atoms with van der Waals surface area (Å²) in [7, 11) is 0. The van der Waals surface area contributed by atoms with E-state index in [4.69, 9.17) is 0 Å². The van der Waals surface area contributed by atoms with E-state index in [0.29, 0.717) is 21.7 Å². The van der Waals surface area contributed by atoms with Crippen molar-refractivity contribution in [3.8, 4) is 10.4 Å². The lowest BCUT2D eigenvalue weighted by molar-refractivity contribution is -0.141. The molecule has 1 atom stereocenters. The fourth-order valence-electron chi connectivity index (χ4n) is 2.44. The highest BCUT2D eigenvalue weighted by Gasteiger charge is 2.42. The maximum atomic E-state index is 13.1. The topological polar surface area (TPSA) is 54.7 Å². The number of carbonyl (C=O) groups is 1. The number of carbonyl (C=O) groups excluding carboxylic acids is 1. The molecule has 0 N–H and O–H groups in total. The molecule has 2 aromatic rings. The number of thiophene rings is 1. The molecular weight excluding hydrogens is 347 g/mol. The number of pyridine rings is 1. The Kier molecular flexibility index (Phi) is 3.17. The Bertz CT molecular complexity index is 872. The highest BCUT2D eigenvalue weighted by molar-refractivity contribution is 8.02. The van der Waals surface area contributed by atoms with E-state index >= 15 is 0 Å². The summed E-state index contributed by atoms with van der Waals surface area (Å²) in [6, 6.07) is 4.51. The molecule has 0 saturated heterocycles. The second-order valence-electron chi connectivity index (χ2n) is 4.81. The summed E-state index contributed by atoms with van der Waals surface area (Å²) in [5.74, 6) is -0.427. The average molecular weight is 353 g/mol. The highest BCUT2D eigenvalue weighted by atomic mass is 32.2. The van der Waals surface area contributed by atoms with Crippen molar-refractivity contribution in [3.05, 3.63) is 34.8 Å². The molecule has 1 amide bonds. The van der Waals surface area contributed by atoms with E-state index in [0.717, 1.165) is 24.2 Å². The average Bonchev–Trinajstić information content (AvgIpc) is 3.13. The molecule has 23 heavy (non-hydrogen) atoms. The number of hydrogen-bond donors (Lipinski definition) is 0. The molecule has 9 heteroatoms. The maximum Gasteiger partial charge on any atom is 0.433 e. The summed E-state index contributed by atoms with van der Waals surface area (Å²) in [5, 5.41) is 1.24. The van der Waals surface area contributed by atoms with Crippen molar-refractivity contribution in [3.63, 3.8) is 0 Å². The fraction of sp³-hybridized carbons (Fsp3) is 0.143. The molecule has 0 bridgehead atoms. The third kappa shape index (κ3) is 2.31. The third-order valence-electron chi connectivity index (χ3n) is 3.40. The van der Waals surface area contributed by atoms with Gasteiger partial charge in [0.2, 0.25) is 0 Å². The van der Waals surface area contributed by atoms with Gasteiger partial charge in [-0.05, 0) is 17.5 Å². The van der Waals surface area contributed by atoms with E-state index in [-0.39, 0.29) is 5.03 Å². The number of thioether (sulfide) groups is 1. The molecule has 2 aromatic heterocycles. The smallest absolute Gasteiger partial charge is 0.271 e. The standard InChI is InChI=1S/C14H6F3N3OS2/c15-14(16,17)8-4-6(7-2-1-3-22-7)9-10-11(23-13(9)20-8)12(21)19-5-18-10/h1-5,11H. The van der Waals surface area contributed by atoms with Crippen molar-refractivity contribution < 1.29 is 18.0 Å². The molecule has 4 rings (SSSR count). The van der Waals surface area contributed by atoms with Gasteiger partial charge in [-0.15, -0.1) is 11.3 Å². The third-order valence-corrected chi connectivity index (χ3v) is 5.49. The van der Waals surface area contributed by atoms with E-state index < -0.39 is 23.0 Å². The van der Waals surface area contributed by atoms with Crippen molar-refractivity contribution in [1.29, 1.82) is 0 Å². The van der Waals surface area contributed by atoms with E-state index in [1.54, 1.807) is 17.5 Å². The fourth-order valence-corrected chi connectivity index (χ4v) is 4.35. The predicted octanol–water partition coefficient (Wildman–Crippen LogP) is 3.66. The summed E-state index contributed by atoms with van der Waals surface area (Å²) in [6.07, 6.45) is -3.42. The minimum atomic E-state index is -4.56. The quantitative estimate of drug-likeness (QED) is 0.786. The second kappa shape index (κ2) is 5.00. The van der Waals surface area contributed by atoms with Crippen LogP contribution in [0.3, 0.4) is 0 Å². The summed E-state index contributed by atoms with van der Waals surface area (Å²) < 4.78 is 39.4. The lowest BCUT2D eigenvalue weighted by Gasteiger charge is -2.12. The van der Waals surface area contributed by atoms with Crippen molar-refractivity contribution >= 4 is 41.1 Å². The van der Waals surface area contributed by atoms with Crippen molar-refractivity contribution in [1.82, 2.24) is 4.98 Å². The zero-order chi connectivity index (χ0) is 16.2. The zero-order valence-corrected chi connectivity index (χ0v) is 12.8. The van der Waals surface area contributed by atoms with Gasteiger partial charge in [0.05, 0.1) is 5.71 Å². The summed E-state index contributed by atoms with van der Waals surface area (Å²) in [4.78, 5) is 24.0. The van der Waals surface area contributed by atoms with Gasteiger partial charge < -0.3 is 0 Å². The van der Waals surface area contributed by atoms with Crippen LogP contribution >= 0.6 is 23.1 Å². The van der Waals surface area contributed by atoms with Crippen LogP contribution in [0.5, 0.6) is 0 Å². The van der Waals surface area contributed by atoms with Crippen molar-refractivity contribution in [2.75, 3.05) is 0 Å². The largest absolute Gasteiger partial charge is 0.433 e. The molecule has 4 heterocycles. The number of alkyl halides is 3. The van der Waals surface area contributed by atoms with Crippen LogP contribution in [0.25, 0.3) is 10.4 Å². The minimum absolute atomic E-state index is 0.172. The Morgan fingerprint density at radius 1 is 1.26 bits per heavy atom. The first-order valence-electron chi connectivity index (χ1n) is 6.42. The molecule has 0 radical (unpaired) electrons. The molecule has 4 nitrogen and oxygen atoms in total. The van der Waals surface area contributed by atoms with E-state index in [1.807, 2.05) is 0 Å². The highest BCUT2D eigenvalue weighted by Crippen LogP contribution is 2.45. The molecule has 116 valence electrons. The van der Waals surface area contributed by atoms with Crippen molar-refractivity contribution in [2.24, 2.45) is 9.98 Å². The number of aliphatic imine (C=N–C) groups is 2. The van der Waals surface area contributed by atoms with Crippen LogP contribution in [-0.4, -0.2) is 28.2 Å². The number of halogens is 3. The number of hydrogen-bond acceptors (Lipinski definition) is 5. The van der Waals surface area contributed by atoms with Gasteiger partial charge in [-0.3, -0.25) is 4.79 Å². The Labute approximate surface area is 136 Å². The van der Waals surface area contributed by atoms with Crippen molar-refractivity contribution in [2.45, 2.75) is 16.5 Å². The summed E-state index contributed by atoms with van der Waals surface area (Å²) in [5.41, 5.74) is 0.346. The molecule has 0 spiro atoms. The number of amides is 1. The summed E-state index contributed by atoms with van der Waals surface area (Å²) >= 11 is 2.29. The zero-order valence-electron chi connectivity index (χ0n) is 11.2. The van der Waals surface area contributed by atoms with Gasteiger partial charge in [0.25, 0.3) is 5.91 Å². The number of aromatic nitrogens is 1. The normalized spacial score (nSPS) is 19.5.